The highest BCUT2D eigenvalue weighted by molar-refractivity contribution is 14.1. The molecule has 0 N–H and O–H groups in total. The second-order valence-corrected chi connectivity index (χ2v) is 9.57. The molecular formula is C21H19BrIN3O3. The lowest BCUT2D eigenvalue weighted by molar-refractivity contribution is -0.131. The highest BCUT2D eigenvalue weighted by atomic mass is 127. The first-order valence-corrected chi connectivity index (χ1v) is 10.7. The molecule has 29 heavy (non-hydrogen) atoms. The van der Waals surface area contributed by atoms with Gasteiger partial charge in [0.05, 0.1) is 20.7 Å². The maximum atomic E-state index is 13.1. The third-order valence-electron chi connectivity index (χ3n) is 4.01. The number of rotatable bonds is 3. The zero-order chi connectivity index (χ0) is 21.3. The summed E-state index contributed by atoms with van der Waals surface area (Å²) in [4.78, 5) is 29.0. The number of benzene rings is 2. The van der Waals surface area contributed by atoms with Gasteiger partial charge in [0, 0.05) is 16.8 Å². The summed E-state index contributed by atoms with van der Waals surface area (Å²) in [5, 5.41) is 4.93. The number of carbonyl (C=O) groups is 1. The van der Waals surface area contributed by atoms with E-state index >= 15 is 0 Å². The van der Waals surface area contributed by atoms with E-state index in [0.29, 0.717) is 22.5 Å². The zero-order valence-electron chi connectivity index (χ0n) is 16.4. The molecule has 0 saturated carbocycles. The average Bonchev–Trinajstić information content (AvgIpc) is 2.62. The second-order valence-electron chi connectivity index (χ2n) is 7.49. The molecule has 0 aliphatic rings. The fraction of sp³-hybridized carbons (Fsp3) is 0.238. The Labute approximate surface area is 190 Å². The molecule has 1 heterocycles. The monoisotopic (exact) mass is 567 g/mol. The third-order valence-corrected chi connectivity index (χ3v) is 5.35. The molecular weight excluding hydrogens is 549 g/mol. The Kier molecular flexibility index (Phi) is 6.23. The zero-order valence-corrected chi connectivity index (χ0v) is 20.1. The molecule has 6 nitrogen and oxygen atoms in total. The van der Waals surface area contributed by atoms with Crippen molar-refractivity contribution in [1.82, 2.24) is 9.66 Å². The van der Waals surface area contributed by atoms with Gasteiger partial charge >= 0.3 is 5.97 Å². The maximum absolute atomic E-state index is 13.1. The first-order valence-electron chi connectivity index (χ1n) is 8.81. The number of nitrogens with zero attached hydrogens (tertiary/aromatic N) is 3. The van der Waals surface area contributed by atoms with Gasteiger partial charge in [0.25, 0.3) is 5.56 Å². The maximum Gasteiger partial charge on any atom is 0.308 e. The highest BCUT2D eigenvalue weighted by Gasteiger charge is 2.22. The van der Waals surface area contributed by atoms with Gasteiger partial charge in [-0.1, -0.05) is 36.7 Å². The summed E-state index contributed by atoms with van der Waals surface area (Å²) in [7, 11) is 0. The summed E-state index contributed by atoms with van der Waals surface area (Å²) < 4.78 is 8.07. The number of hydrogen-bond acceptors (Lipinski definition) is 5. The Hall–Kier alpha value is -2.07. The molecule has 0 bridgehead atoms. The third kappa shape index (κ3) is 4.92. The number of aromatic nitrogens is 2. The predicted molar refractivity (Wildman–Crippen MR) is 126 cm³/mol. The molecule has 0 unspecified atom stereocenters. The first-order chi connectivity index (χ1) is 13.6. The lowest BCUT2D eigenvalue weighted by Crippen LogP contribution is -2.29. The van der Waals surface area contributed by atoms with E-state index in [9.17, 15) is 9.59 Å². The van der Waals surface area contributed by atoms with Gasteiger partial charge in [0.2, 0.25) is 0 Å². The van der Waals surface area contributed by atoms with Crippen LogP contribution in [0.4, 0.5) is 0 Å². The van der Waals surface area contributed by atoms with Gasteiger partial charge < -0.3 is 4.74 Å². The number of ether oxygens (including phenoxy) is 1. The van der Waals surface area contributed by atoms with Gasteiger partial charge in [0.15, 0.2) is 0 Å². The van der Waals surface area contributed by atoms with E-state index in [2.05, 4.69) is 43.6 Å². The summed E-state index contributed by atoms with van der Waals surface area (Å²) in [6, 6.07) is 10.7. The first kappa shape index (κ1) is 21.6. The van der Waals surface area contributed by atoms with Crippen molar-refractivity contribution in [3.05, 3.63) is 66.2 Å². The van der Waals surface area contributed by atoms with Crippen LogP contribution in [0.1, 0.15) is 39.1 Å². The molecule has 3 rings (SSSR count). The van der Waals surface area contributed by atoms with Gasteiger partial charge in [0.1, 0.15) is 11.6 Å². The summed E-state index contributed by atoms with van der Waals surface area (Å²) >= 11 is 5.50. The van der Waals surface area contributed by atoms with Crippen LogP contribution in [-0.2, 0) is 10.2 Å². The largest absolute Gasteiger partial charge is 0.426 e. The van der Waals surface area contributed by atoms with E-state index in [0.717, 1.165) is 13.6 Å². The minimum atomic E-state index is -0.384. The van der Waals surface area contributed by atoms with Crippen LogP contribution in [0, 0.1) is 3.57 Å². The Morgan fingerprint density at radius 1 is 1.24 bits per heavy atom. The van der Waals surface area contributed by atoms with E-state index in [4.69, 9.17) is 9.72 Å². The number of esters is 1. The van der Waals surface area contributed by atoms with Crippen LogP contribution in [0.2, 0.25) is 0 Å². The summed E-state index contributed by atoms with van der Waals surface area (Å²) in [6.45, 7) is 7.32. The molecule has 0 aliphatic carbocycles. The minimum absolute atomic E-state index is 0.233. The molecule has 0 saturated heterocycles. The Morgan fingerprint density at radius 3 is 2.59 bits per heavy atom. The van der Waals surface area contributed by atoms with Crippen molar-refractivity contribution < 1.29 is 9.53 Å². The van der Waals surface area contributed by atoms with Crippen LogP contribution >= 0.6 is 38.5 Å². The van der Waals surface area contributed by atoms with Gasteiger partial charge in [-0.2, -0.15) is 9.78 Å². The predicted octanol–water partition coefficient (Wildman–Crippen LogP) is 4.87. The topological polar surface area (TPSA) is 73.5 Å². The lowest BCUT2D eigenvalue weighted by Gasteiger charge is -2.20. The SMILES string of the molecule is CC(=O)Oc1ccc(C=Nn2c(C(C)(C)C)nc3ccc(Br)cc3c2=O)cc1I. The fourth-order valence-electron chi connectivity index (χ4n) is 2.70. The summed E-state index contributed by atoms with van der Waals surface area (Å²) in [5.41, 5.74) is 0.788. The fourth-order valence-corrected chi connectivity index (χ4v) is 3.71. The second kappa shape index (κ2) is 8.35. The van der Waals surface area contributed by atoms with Crippen LogP contribution in [0.5, 0.6) is 5.75 Å². The van der Waals surface area contributed by atoms with Crippen LogP contribution in [0.15, 0.2) is 50.8 Å². The van der Waals surface area contributed by atoms with Crippen molar-refractivity contribution in [2.75, 3.05) is 0 Å². The normalized spacial score (nSPS) is 11.9. The van der Waals surface area contributed by atoms with Crippen molar-refractivity contribution in [3.63, 3.8) is 0 Å². The average molecular weight is 568 g/mol. The van der Waals surface area contributed by atoms with Gasteiger partial charge in [-0.3, -0.25) is 9.59 Å². The quantitative estimate of drug-likeness (QED) is 0.196. The molecule has 3 aromatic rings. The Morgan fingerprint density at radius 2 is 1.97 bits per heavy atom. The van der Waals surface area contributed by atoms with Crippen molar-refractivity contribution in [1.29, 1.82) is 0 Å². The smallest absolute Gasteiger partial charge is 0.308 e. The molecule has 2 aromatic carbocycles. The molecule has 8 heteroatoms. The van der Waals surface area contributed by atoms with Crippen LogP contribution in [0.3, 0.4) is 0 Å². The number of halogens is 2. The Balaban J connectivity index is 2.11. The summed E-state index contributed by atoms with van der Waals surface area (Å²) in [5.74, 6) is 0.680. The van der Waals surface area contributed by atoms with Gasteiger partial charge in [-0.25, -0.2) is 4.98 Å². The number of fused-ring (bicyclic) bond motifs is 1. The van der Waals surface area contributed by atoms with Crippen LogP contribution in [-0.4, -0.2) is 21.8 Å². The van der Waals surface area contributed by atoms with E-state index in [1.54, 1.807) is 24.4 Å². The molecule has 150 valence electrons. The lowest BCUT2D eigenvalue weighted by atomic mass is 9.95. The highest BCUT2D eigenvalue weighted by Crippen LogP contribution is 2.24. The van der Waals surface area contributed by atoms with Crippen LogP contribution in [0.25, 0.3) is 10.9 Å². The number of hydrogen-bond donors (Lipinski definition) is 0. The van der Waals surface area contributed by atoms with Crippen molar-refractivity contribution in [2.24, 2.45) is 5.10 Å². The summed E-state index contributed by atoms with van der Waals surface area (Å²) in [6.07, 6.45) is 1.60. The molecule has 0 radical (unpaired) electrons. The molecule has 0 spiro atoms. The van der Waals surface area contributed by atoms with E-state index in [-0.39, 0.29) is 16.9 Å². The standard InChI is InChI=1S/C21H19BrIN3O3/c1-12(27)29-18-8-5-13(9-16(18)23)11-24-26-19(28)15-10-14(22)6-7-17(15)25-20(26)21(2,3)4/h5-11H,1-4H3. The Bertz CT molecular complexity index is 1200. The number of carbonyl (C=O) groups excluding carboxylic acids is 1. The van der Waals surface area contributed by atoms with Gasteiger partial charge in [-0.15, -0.1) is 0 Å². The van der Waals surface area contributed by atoms with E-state index in [1.807, 2.05) is 39.0 Å². The molecule has 1 aromatic heterocycles. The van der Waals surface area contributed by atoms with Crippen molar-refractivity contribution in [3.8, 4) is 5.75 Å². The van der Waals surface area contributed by atoms with Crippen LogP contribution < -0.4 is 10.3 Å². The van der Waals surface area contributed by atoms with E-state index in [1.165, 1.54) is 11.6 Å². The van der Waals surface area contributed by atoms with Crippen molar-refractivity contribution in [2.45, 2.75) is 33.1 Å². The van der Waals surface area contributed by atoms with Crippen molar-refractivity contribution >= 4 is 61.6 Å². The molecule has 0 aliphatic heterocycles. The van der Waals surface area contributed by atoms with E-state index < -0.39 is 0 Å². The molecule has 0 fully saturated rings. The minimum Gasteiger partial charge on any atom is -0.426 e. The molecule has 0 atom stereocenters. The van der Waals surface area contributed by atoms with Gasteiger partial charge in [-0.05, 0) is 64.6 Å². The molecule has 0 amide bonds.